The van der Waals surface area contributed by atoms with Crippen LogP contribution in [0, 0.1) is 5.82 Å². The zero-order valence-corrected chi connectivity index (χ0v) is 14.5. The molecule has 3 N–H and O–H groups in total. The van der Waals surface area contributed by atoms with Crippen LogP contribution in [0.15, 0.2) is 36.7 Å². The fourth-order valence-corrected chi connectivity index (χ4v) is 2.81. The molecule has 0 aliphatic carbocycles. The van der Waals surface area contributed by atoms with Crippen molar-refractivity contribution in [3.8, 4) is 17.0 Å². The van der Waals surface area contributed by atoms with Crippen molar-refractivity contribution in [3.63, 3.8) is 0 Å². The summed E-state index contributed by atoms with van der Waals surface area (Å²) >= 11 is 0. The molecule has 26 heavy (non-hydrogen) atoms. The summed E-state index contributed by atoms with van der Waals surface area (Å²) in [7, 11) is 1.47. The molecule has 3 aromatic rings. The van der Waals surface area contributed by atoms with Gasteiger partial charge in [-0.3, -0.25) is 4.79 Å². The summed E-state index contributed by atoms with van der Waals surface area (Å²) < 4.78 is 19.9. The molecule has 0 unspecified atom stereocenters. The van der Waals surface area contributed by atoms with Gasteiger partial charge in [-0.25, -0.2) is 14.4 Å². The van der Waals surface area contributed by atoms with E-state index in [0.29, 0.717) is 28.8 Å². The number of pyridine rings is 2. The fourth-order valence-electron chi connectivity index (χ4n) is 2.81. The van der Waals surface area contributed by atoms with E-state index in [1.54, 1.807) is 24.4 Å². The fraction of sp³-hybridized carbons (Fsp3) is 0.211. The molecule has 134 valence electrons. The molecule has 0 fully saturated rings. The van der Waals surface area contributed by atoms with E-state index >= 15 is 0 Å². The van der Waals surface area contributed by atoms with Crippen LogP contribution in [0.1, 0.15) is 23.8 Å². The van der Waals surface area contributed by atoms with E-state index in [0.717, 1.165) is 6.42 Å². The summed E-state index contributed by atoms with van der Waals surface area (Å²) in [6.07, 6.45) is 3.82. The maximum Gasteiger partial charge on any atom is 0.272 e. The lowest BCUT2D eigenvalue weighted by molar-refractivity contribution is 0.0950. The molecule has 0 aliphatic heterocycles. The Morgan fingerprint density at radius 2 is 2.08 bits per heavy atom. The van der Waals surface area contributed by atoms with Gasteiger partial charge in [-0.05, 0) is 30.7 Å². The van der Waals surface area contributed by atoms with Crippen molar-refractivity contribution in [1.29, 1.82) is 0 Å². The average Bonchev–Trinajstić information content (AvgIpc) is 2.66. The van der Waals surface area contributed by atoms with Crippen molar-refractivity contribution in [1.82, 2.24) is 15.3 Å². The number of carbonyl (C=O) groups excluding carboxylic acids is 1. The van der Waals surface area contributed by atoms with Gasteiger partial charge in [0.25, 0.3) is 5.91 Å². The van der Waals surface area contributed by atoms with Crippen LogP contribution in [0.2, 0.25) is 0 Å². The Bertz CT molecular complexity index is 975. The van der Waals surface area contributed by atoms with Crippen molar-refractivity contribution in [2.75, 3.05) is 19.4 Å². The molecule has 1 amide bonds. The number of nitrogens with one attached hydrogen (secondary N) is 1. The second kappa shape index (κ2) is 7.35. The van der Waals surface area contributed by atoms with Crippen LogP contribution in [0.3, 0.4) is 0 Å². The third kappa shape index (κ3) is 3.03. The van der Waals surface area contributed by atoms with E-state index in [4.69, 9.17) is 10.5 Å². The van der Waals surface area contributed by atoms with Gasteiger partial charge in [-0.2, -0.15) is 0 Å². The second-order valence-electron chi connectivity index (χ2n) is 5.72. The maximum atomic E-state index is 14.6. The molecule has 0 saturated carbocycles. The molecule has 0 atom stereocenters. The predicted molar refractivity (Wildman–Crippen MR) is 98.5 cm³/mol. The molecule has 3 rings (SSSR count). The molecule has 2 aromatic heterocycles. The quantitative estimate of drug-likeness (QED) is 0.734. The number of amides is 1. The number of methoxy groups -OCH3 is 1. The molecular formula is C19H19FN4O2. The Morgan fingerprint density at radius 1 is 1.27 bits per heavy atom. The first-order chi connectivity index (χ1) is 12.6. The number of nitrogen functional groups attached to an aromatic ring is 1. The molecule has 0 bridgehead atoms. The molecule has 7 heteroatoms. The highest BCUT2D eigenvalue weighted by molar-refractivity contribution is 6.09. The highest BCUT2D eigenvalue weighted by Gasteiger charge is 2.19. The Hall–Kier alpha value is -3.22. The number of nitrogens with two attached hydrogens (primary N) is 1. The predicted octanol–water partition coefficient (Wildman–Crippen LogP) is 3.17. The van der Waals surface area contributed by atoms with E-state index in [2.05, 4.69) is 15.3 Å². The van der Waals surface area contributed by atoms with Crippen LogP contribution in [-0.2, 0) is 0 Å². The number of ether oxygens (including phenoxy) is 1. The number of carbonyl (C=O) groups is 1. The smallest absolute Gasteiger partial charge is 0.272 e. The van der Waals surface area contributed by atoms with Gasteiger partial charge in [0.05, 0.1) is 12.8 Å². The van der Waals surface area contributed by atoms with E-state index in [9.17, 15) is 9.18 Å². The normalized spacial score (nSPS) is 10.7. The Morgan fingerprint density at radius 3 is 2.81 bits per heavy atom. The van der Waals surface area contributed by atoms with Crippen molar-refractivity contribution < 1.29 is 13.9 Å². The Kier molecular flexibility index (Phi) is 4.97. The molecule has 0 radical (unpaired) electrons. The maximum absolute atomic E-state index is 14.6. The van der Waals surface area contributed by atoms with E-state index in [1.807, 2.05) is 6.92 Å². The number of hydrogen-bond donors (Lipinski definition) is 2. The van der Waals surface area contributed by atoms with Gasteiger partial charge < -0.3 is 15.8 Å². The number of benzene rings is 1. The number of rotatable bonds is 5. The Balaban J connectivity index is 2.22. The van der Waals surface area contributed by atoms with Gasteiger partial charge >= 0.3 is 0 Å². The van der Waals surface area contributed by atoms with Crippen molar-refractivity contribution in [2.45, 2.75) is 13.3 Å². The second-order valence-corrected chi connectivity index (χ2v) is 5.72. The summed E-state index contributed by atoms with van der Waals surface area (Å²) in [5.74, 6) is -0.508. The molecular weight excluding hydrogens is 335 g/mol. The van der Waals surface area contributed by atoms with Crippen molar-refractivity contribution in [3.05, 3.63) is 48.2 Å². The third-order valence-corrected chi connectivity index (χ3v) is 4.05. The molecule has 0 aliphatic rings. The minimum absolute atomic E-state index is 0.127. The van der Waals surface area contributed by atoms with Crippen molar-refractivity contribution >= 4 is 22.4 Å². The molecule has 1 aromatic carbocycles. The minimum Gasteiger partial charge on any atom is -0.481 e. The van der Waals surface area contributed by atoms with Gasteiger partial charge in [0.15, 0.2) is 5.69 Å². The van der Waals surface area contributed by atoms with E-state index in [-0.39, 0.29) is 22.9 Å². The first kappa shape index (κ1) is 17.6. The van der Waals surface area contributed by atoms with Crippen LogP contribution < -0.4 is 15.8 Å². The van der Waals surface area contributed by atoms with Gasteiger partial charge in [0.2, 0.25) is 5.88 Å². The summed E-state index contributed by atoms with van der Waals surface area (Å²) in [4.78, 5) is 20.5. The Labute approximate surface area is 150 Å². The number of hydrogen-bond acceptors (Lipinski definition) is 5. The largest absolute Gasteiger partial charge is 0.481 e. The molecule has 2 heterocycles. The van der Waals surface area contributed by atoms with Gasteiger partial charge in [0.1, 0.15) is 5.82 Å². The lowest BCUT2D eigenvalue weighted by Crippen LogP contribution is -2.26. The van der Waals surface area contributed by atoms with Crippen LogP contribution >= 0.6 is 0 Å². The number of nitrogens with zero attached hydrogens (tertiary/aromatic N) is 2. The lowest BCUT2D eigenvalue weighted by atomic mass is 9.98. The topological polar surface area (TPSA) is 90.1 Å². The first-order valence-corrected chi connectivity index (χ1v) is 8.22. The van der Waals surface area contributed by atoms with Crippen LogP contribution in [0.25, 0.3) is 21.9 Å². The van der Waals surface area contributed by atoms with Crippen LogP contribution in [0.5, 0.6) is 5.88 Å². The number of fused-ring (bicyclic) bond motifs is 1. The summed E-state index contributed by atoms with van der Waals surface area (Å²) in [5, 5.41) is 3.78. The lowest BCUT2D eigenvalue weighted by Gasteiger charge is -2.14. The standard InChI is InChI=1S/C19H19FN4O2/c1-3-8-22-18(25)17-16(21)11-6-7-14(20)15(13(11)10-24-17)12-5-4-9-23-19(12)26-2/h4-7,9-10H,3,8,21H2,1-2H3,(H,22,25). The summed E-state index contributed by atoms with van der Waals surface area (Å²) in [6.45, 7) is 2.48. The number of aromatic nitrogens is 2. The molecule has 0 spiro atoms. The number of anilines is 1. The van der Waals surface area contributed by atoms with Gasteiger partial charge in [0, 0.05) is 40.8 Å². The van der Waals surface area contributed by atoms with Crippen molar-refractivity contribution in [2.24, 2.45) is 0 Å². The third-order valence-electron chi connectivity index (χ3n) is 4.05. The number of halogens is 1. The zero-order valence-electron chi connectivity index (χ0n) is 14.5. The minimum atomic E-state index is -0.451. The highest BCUT2D eigenvalue weighted by atomic mass is 19.1. The summed E-state index contributed by atoms with van der Waals surface area (Å²) in [6, 6.07) is 6.26. The summed E-state index contributed by atoms with van der Waals surface area (Å²) in [5.41, 5.74) is 7.27. The van der Waals surface area contributed by atoms with Crippen LogP contribution in [-0.4, -0.2) is 29.5 Å². The molecule has 0 saturated heterocycles. The van der Waals surface area contributed by atoms with Gasteiger partial charge in [-0.15, -0.1) is 0 Å². The zero-order chi connectivity index (χ0) is 18.7. The average molecular weight is 354 g/mol. The highest BCUT2D eigenvalue weighted by Crippen LogP contribution is 2.37. The first-order valence-electron chi connectivity index (χ1n) is 8.22. The van der Waals surface area contributed by atoms with E-state index < -0.39 is 5.82 Å². The van der Waals surface area contributed by atoms with Gasteiger partial charge in [-0.1, -0.05) is 6.92 Å². The SMILES string of the molecule is CCCNC(=O)c1ncc2c(-c3cccnc3OC)c(F)ccc2c1N. The molecule has 6 nitrogen and oxygen atoms in total. The van der Waals surface area contributed by atoms with E-state index in [1.165, 1.54) is 19.4 Å². The monoisotopic (exact) mass is 354 g/mol. The van der Waals surface area contributed by atoms with Crippen LogP contribution in [0.4, 0.5) is 10.1 Å².